The zero-order valence-corrected chi connectivity index (χ0v) is 14.2. The van der Waals surface area contributed by atoms with Gasteiger partial charge in [-0.05, 0) is 37.0 Å². The fourth-order valence-electron chi connectivity index (χ4n) is 2.46. The minimum absolute atomic E-state index is 0.158. The van der Waals surface area contributed by atoms with Crippen LogP contribution in [0.3, 0.4) is 0 Å². The Morgan fingerprint density at radius 2 is 1.78 bits per heavy atom. The van der Waals surface area contributed by atoms with Crippen LogP contribution in [0.4, 0.5) is 0 Å². The highest BCUT2D eigenvalue weighted by Gasteiger charge is 2.18. The maximum absolute atomic E-state index is 12.2. The number of carbonyl (C=O) groups is 1. The lowest BCUT2D eigenvalue weighted by Crippen LogP contribution is -2.34. The second-order valence-electron chi connectivity index (χ2n) is 6.18. The van der Waals surface area contributed by atoms with E-state index in [1.165, 1.54) is 5.56 Å². The van der Waals surface area contributed by atoms with Gasteiger partial charge in [0, 0.05) is 18.4 Å². The van der Waals surface area contributed by atoms with Crippen LogP contribution < -0.4 is 5.32 Å². The Morgan fingerprint density at radius 1 is 1.17 bits per heavy atom. The molecule has 2 aromatic rings. The largest absolute Gasteiger partial charge is 0.387 e. The Labute approximate surface area is 137 Å². The Morgan fingerprint density at radius 3 is 2.30 bits per heavy atom. The van der Waals surface area contributed by atoms with Crippen molar-refractivity contribution in [2.45, 2.75) is 45.8 Å². The predicted octanol–water partition coefficient (Wildman–Crippen LogP) is 2.73. The van der Waals surface area contributed by atoms with E-state index in [0.717, 1.165) is 11.3 Å². The fourth-order valence-corrected chi connectivity index (χ4v) is 2.46. The monoisotopic (exact) mass is 315 g/mol. The van der Waals surface area contributed by atoms with E-state index in [1.54, 1.807) is 17.8 Å². The van der Waals surface area contributed by atoms with E-state index in [0.29, 0.717) is 5.92 Å². The molecule has 5 heteroatoms. The van der Waals surface area contributed by atoms with Crippen LogP contribution >= 0.6 is 0 Å². The number of rotatable bonds is 6. The normalized spacial score (nSPS) is 13.8. The van der Waals surface area contributed by atoms with E-state index in [2.05, 4.69) is 24.3 Å². The SMILES string of the molecule is Cc1ccnn1C(C)C(=O)NCC(O)c1ccc(C(C)C)cc1. The first-order chi connectivity index (χ1) is 10.9. The van der Waals surface area contributed by atoms with Crippen LogP contribution in [-0.2, 0) is 4.79 Å². The number of nitrogens with zero attached hydrogens (tertiary/aromatic N) is 2. The number of amides is 1. The molecule has 0 radical (unpaired) electrons. The summed E-state index contributed by atoms with van der Waals surface area (Å²) in [6.45, 7) is 8.14. The Hall–Kier alpha value is -2.14. The van der Waals surface area contributed by atoms with Crippen LogP contribution in [0.15, 0.2) is 36.5 Å². The molecule has 0 bridgehead atoms. The van der Waals surface area contributed by atoms with Gasteiger partial charge in [-0.1, -0.05) is 38.1 Å². The van der Waals surface area contributed by atoms with E-state index >= 15 is 0 Å². The summed E-state index contributed by atoms with van der Waals surface area (Å²) in [6.07, 6.45) is 0.954. The Kier molecular flexibility index (Phi) is 5.55. The third-order valence-corrected chi connectivity index (χ3v) is 4.07. The van der Waals surface area contributed by atoms with Gasteiger partial charge in [0.2, 0.25) is 5.91 Å². The summed E-state index contributed by atoms with van der Waals surface area (Å²) in [5.41, 5.74) is 2.96. The molecule has 1 aromatic heterocycles. The number of aliphatic hydroxyl groups excluding tert-OH is 1. The summed E-state index contributed by atoms with van der Waals surface area (Å²) in [4.78, 5) is 12.2. The van der Waals surface area contributed by atoms with Crippen LogP contribution in [0.5, 0.6) is 0 Å². The molecule has 2 rings (SSSR count). The van der Waals surface area contributed by atoms with Gasteiger partial charge in [0.15, 0.2) is 0 Å². The average molecular weight is 315 g/mol. The zero-order chi connectivity index (χ0) is 17.0. The molecule has 2 atom stereocenters. The number of hydrogen-bond acceptors (Lipinski definition) is 3. The molecule has 0 aliphatic rings. The standard InChI is InChI=1S/C18H25N3O2/c1-12(2)15-5-7-16(8-6-15)17(22)11-19-18(23)14(4)21-13(3)9-10-20-21/h5-10,12,14,17,22H,11H2,1-4H3,(H,19,23). The van der Waals surface area contributed by atoms with Gasteiger partial charge in [-0.2, -0.15) is 5.10 Å². The van der Waals surface area contributed by atoms with Crippen molar-refractivity contribution in [3.05, 3.63) is 53.3 Å². The van der Waals surface area contributed by atoms with Crippen LogP contribution in [0.2, 0.25) is 0 Å². The number of aromatic nitrogens is 2. The molecule has 124 valence electrons. The molecule has 0 saturated carbocycles. The van der Waals surface area contributed by atoms with Crippen LogP contribution in [0.1, 0.15) is 55.7 Å². The molecular formula is C18H25N3O2. The number of carbonyl (C=O) groups excluding carboxylic acids is 1. The molecule has 2 unspecified atom stereocenters. The number of aryl methyl sites for hydroxylation is 1. The number of aliphatic hydroxyl groups is 1. The summed E-state index contributed by atoms with van der Waals surface area (Å²) >= 11 is 0. The molecule has 23 heavy (non-hydrogen) atoms. The number of hydrogen-bond donors (Lipinski definition) is 2. The van der Waals surface area contributed by atoms with Gasteiger partial charge in [-0.25, -0.2) is 0 Å². The smallest absolute Gasteiger partial charge is 0.244 e. The average Bonchev–Trinajstić information content (AvgIpc) is 2.97. The lowest BCUT2D eigenvalue weighted by atomic mass is 10.00. The maximum Gasteiger partial charge on any atom is 0.244 e. The topological polar surface area (TPSA) is 67.2 Å². The third kappa shape index (κ3) is 4.20. The van der Waals surface area contributed by atoms with Crippen LogP contribution in [0.25, 0.3) is 0 Å². The predicted molar refractivity (Wildman–Crippen MR) is 90.2 cm³/mol. The van der Waals surface area contributed by atoms with Gasteiger partial charge < -0.3 is 10.4 Å². The first-order valence-corrected chi connectivity index (χ1v) is 7.96. The van der Waals surface area contributed by atoms with Gasteiger partial charge in [0.25, 0.3) is 0 Å². The van der Waals surface area contributed by atoms with Crippen molar-refractivity contribution in [2.24, 2.45) is 0 Å². The summed E-state index contributed by atoms with van der Waals surface area (Å²) in [7, 11) is 0. The zero-order valence-electron chi connectivity index (χ0n) is 14.2. The minimum Gasteiger partial charge on any atom is -0.387 e. The second-order valence-corrected chi connectivity index (χ2v) is 6.18. The van der Waals surface area contributed by atoms with Gasteiger partial charge in [-0.15, -0.1) is 0 Å². The summed E-state index contributed by atoms with van der Waals surface area (Å²) < 4.78 is 1.67. The summed E-state index contributed by atoms with van der Waals surface area (Å²) in [6, 6.07) is 9.30. The molecule has 0 aliphatic carbocycles. The van der Waals surface area contributed by atoms with Gasteiger partial charge in [-0.3, -0.25) is 9.48 Å². The lowest BCUT2D eigenvalue weighted by Gasteiger charge is -2.17. The van der Waals surface area contributed by atoms with E-state index in [4.69, 9.17) is 0 Å². The van der Waals surface area contributed by atoms with E-state index in [-0.39, 0.29) is 12.5 Å². The highest BCUT2D eigenvalue weighted by Crippen LogP contribution is 2.18. The van der Waals surface area contributed by atoms with Crippen molar-refractivity contribution in [3.63, 3.8) is 0 Å². The van der Waals surface area contributed by atoms with E-state index in [1.807, 2.05) is 37.3 Å². The van der Waals surface area contributed by atoms with Gasteiger partial charge in [0.1, 0.15) is 6.04 Å². The van der Waals surface area contributed by atoms with E-state index < -0.39 is 12.1 Å². The lowest BCUT2D eigenvalue weighted by molar-refractivity contribution is -0.124. The fraction of sp³-hybridized carbons (Fsp3) is 0.444. The highest BCUT2D eigenvalue weighted by atomic mass is 16.3. The molecule has 1 heterocycles. The third-order valence-electron chi connectivity index (χ3n) is 4.07. The minimum atomic E-state index is -0.717. The van der Waals surface area contributed by atoms with Crippen molar-refractivity contribution in [1.82, 2.24) is 15.1 Å². The van der Waals surface area contributed by atoms with Crippen molar-refractivity contribution >= 4 is 5.91 Å². The molecule has 0 saturated heterocycles. The van der Waals surface area contributed by atoms with Crippen LogP contribution in [-0.4, -0.2) is 27.3 Å². The summed E-state index contributed by atoms with van der Waals surface area (Å²) in [5, 5.41) is 17.2. The van der Waals surface area contributed by atoms with Crippen molar-refractivity contribution in [1.29, 1.82) is 0 Å². The molecule has 2 N–H and O–H groups in total. The van der Waals surface area contributed by atoms with E-state index in [9.17, 15) is 9.90 Å². The number of benzene rings is 1. The van der Waals surface area contributed by atoms with Gasteiger partial charge >= 0.3 is 0 Å². The van der Waals surface area contributed by atoms with Crippen molar-refractivity contribution in [3.8, 4) is 0 Å². The second kappa shape index (κ2) is 7.42. The van der Waals surface area contributed by atoms with Crippen LogP contribution in [0, 0.1) is 6.92 Å². The maximum atomic E-state index is 12.2. The quantitative estimate of drug-likeness (QED) is 0.861. The van der Waals surface area contributed by atoms with Gasteiger partial charge in [0.05, 0.1) is 6.10 Å². The first kappa shape index (κ1) is 17.2. The van der Waals surface area contributed by atoms with Crippen molar-refractivity contribution < 1.29 is 9.90 Å². The first-order valence-electron chi connectivity index (χ1n) is 7.96. The molecule has 1 amide bonds. The molecule has 0 fully saturated rings. The number of nitrogens with one attached hydrogen (secondary N) is 1. The molecule has 1 aromatic carbocycles. The highest BCUT2D eigenvalue weighted by molar-refractivity contribution is 5.79. The Bertz CT molecular complexity index is 647. The molecule has 0 aliphatic heterocycles. The Balaban J connectivity index is 1.92. The molecule has 0 spiro atoms. The summed E-state index contributed by atoms with van der Waals surface area (Å²) in [5.74, 6) is 0.300. The van der Waals surface area contributed by atoms with Crippen molar-refractivity contribution in [2.75, 3.05) is 6.54 Å². The molecular weight excluding hydrogens is 290 g/mol. The molecule has 5 nitrogen and oxygen atoms in total.